The molecule has 3 aromatic carbocycles. The smallest absolute Gasteiger partial charge is 0.320 e. The molecule has 148 valence electrons. The molecule has 30 heavy (non-hydrogen) atoms. The monoisotopic (exact) mass is 451 g/mol. The molecule has 0 fully saturated rings. The van der Waals surface area contributed by atoms with Crippen molar-refractivity contribution in [3.63, 3.8) is 0 Å². The van der Waals surface area contributed by atoms with E-state index < -0.39 is 6.04 Å². The van der Waals surface area contributed by atoms with Gasteiger partial charge in [-0.05, 0) is 35.4 Å². The van der Waals surface area contributed by atoms with Crippen LogP contribution < -0.4 is 10.6 Å². The highest BCUT2D eigenvalue weighted by Crippen LogP contribution is 2.41. The fraction of sp³-hybridized carbons (Fsp3) is 0.0435. The maximum Gasteiger partial charge on any atom is 0.320 e. The maximum absolute atomic E-state index is 12.6. The molecule has 5 rings (SSSR count). The molecule has 4 aromatic rings. The van der Waals surface area contributed by atoms with Crippen LogP contribution in [0.2, 0.25) is 10.0 Å². The van der Waals surface area contributed by atoms with Crippen molar-refractivity contribution < 1.29 is 4.79 Å². The van der Waals surface area contributed by atoms with Crippen molar-refractivity contribution in [3.8, 4) is 0 Å². The lowest BCUT2D eigenvalue weighted by molar-refractivity contribution is 0.242. The average molecular weight is 452 g/mol. The molecule has 4 nitrogen and oxygen atoms in total. The minimum atomic E-state index is -0.427. The van der Waals surface area contributed by atoms with Crippen molar-refractivity contribution in [2.45, 2.75) is 6.04 Å². The summed E-state index contributed by atoms with van der Waals surface area (Å²) in [6, 6.07) is 22.5. The van der Waals surface area contributed by atoms with E-state index in [2.05, 4.69) is 10.6 Å². The van der Waals surface area contributed by atoms with Crippen LogP contribution in [0.4, 0.5) is 4.79 Å². The lowest BCUT2D eigenvalue weighted by atomic mass is 9.93. The molecule has 0 radical (unpaired) electrons. The van der Waals surface area contributed by atoms with E-state index >= 15 is 0 Å². The number of hydrogen-bond donors (Lipinski definition) is 2. The first-order valence-electron chi connectivity index (χ1n) is 9.28. The van der Waals surface area contributed by atoms with Crippen LogP contribution in [0.5, 0.6) is 0 Å². The van der Waals surface area contributed by atoms with Gasteiger partial charge in [-0.2, -0.15) is 0 Å². The molecule has 1 atom stereocenters. The third kappa shape index (κ3) is 3.45. The number of thiazole rings is 1. The van der Waals surface area contributed by atoms with Gasteiger partial charge >= 0.3 is 6.03 Å². The predicted octanol–water partition coefficient (Wildman–Crippen LogP) is 6.53. The van der Waals surface area contributed by atoms with Crippen LogP contribution in [0.1, 0.15) is 22.2 Å². The summed E-state index contributed by atoms with van der Waals surface area (Å²) < 4.78 is 1.08. The number of nitrogens with one attached hydrogen (secondary N) is 2. The third-order valence-corrected chi connectivity index (χ3v) is 6.74. The van der Waals surface area contributed by atoms with Crippen molar-refractivity contribution in [2.75, 3.05) is 0 Å². The number of halogens is 2. The molecular weight excluding hydrogens is 437 g/mol. The van der Waals surface area contributed by atoms with Gasteiger partial charge in [0, 0.05) is 5.57 Å². The zero-order valence-corrected chi connectivity index (χ0v) is 17.9. The lowest BCUT2D eigenvalue weighted by Crippen LogP contribution is -2.42. The van der Waals surface area contributed by atoms with Crippen LogP contribution in [-0.4, -0.2) is 11.0 Å². The number of fused-ring (bicyclic) bond motifs is 1. The molecule has 0 bridgehead atoms. The Hall–Kier alpha value is -2.86. The van der Waals surface area contributed by atoms with Gasteiger partial charge in [-0.25, -0.2) is 9.78 Å². The summed E-state index contributed by atoms with van der Waals surface area (Å²) in [5.41, 5.74) is 4.28. The summed E-state index contributed by atoms with van der Waals surface area (Å²) in [6.45, 7) is 0. The zero-order valence-electron chi connectivity index (χ0n) is 15.5. The first-order chi connectivity index (χ1) is 14.6. The van der Waals surface area contributed by atoms with Gasteiger partial charge in [0.05, 0.1) is 32.0 Å². The number of rotatable bonds is 3. The predicted molar refractivity (Wildman–Crippen MR) is 124 cm³/mol. The van der Waals surface area contributed by atoms with Gasteiger partial charge in [0.2, 0.25) is 0 Å². The summed E-state index contributed by atoms with van der Waals surface area (Å²) in [7, 11) is 0. The van der Waals surface area contributed by atoms with E-state index in [9.17, 15) is 4.79 Å². The number of nitrogens with zero attached hydrogens (tertiary/aromatic N) is 1. The highest BCUT2D eigenvalue weighted by atomic mass is 35.5. The Labute approximate surface area is 187 Å². The zero-order chi connectivity index (χ0) is 20.7. The number of para-hydroxylation sites is 1. The minimum absolute atomic E-state index is 0.283. The third-order valence-electron chi connectivity index (χ3n) is 4.94. The normalized spacial score (nSPS) is 16.5. The number of amides is 2. The number of hydrogen-bond acceptors (Lipinski definition) is 3. The van der Waals surface area contributed by atoms with Crippen LogP contribution in [0.3, 0.4) is 0 Å². The Bertz CT molecular complexity index is 1270. The van der Waals surface area contributed by atoms with E-state index in [-0.39, 0.29) is 6.03 Å². The first kappa shape index (κ1) is 19.1. The number of aromatic nitrogens is 1. The number of carbonyl (C=O) groups is 1. The molecule has 2 amide bonds. The number of benzene rings is 3. The van der Waals surface area contributed by atoms with Gasteiger partial charge in [0.25, 0.3) is 0 Å². The Morgan fingerprint density at radius 2 is 1.67 bits per heavy atom. The summed E-state index contributed by atoms with van der Waals surface area (Å²) in [5.74, 6) is 0. The van der Waals surface area contributed by atoms with Crippen LogP contribution in [0.25, 0.3) is 21.5 Å². The second-order valence-corrected chi connectivity index (χ2v) is 8.69. The first-order valence-corrected chi connectivity index (χ1v) is 10.9. The molecule has 0 saturated heterocycles. The highest BCUT2D eigenvalue weighted by molar-refractivity contribution is 7.19. The highest BCUT2D eigenvalue weighted by Gasteiger charge is 2.32. The molecule has 0 unspecified atom stereocenters. The fourth-order valence-corrected chi connectivity index (χ4v) is 4.91. The molecule has 0 spiro atoms. The molecule has 1 aliphatic rings. The van der Waals surface area contributed by atoms with E-state index in [1.165, 1.54) is 0 Å². The minimum Gasteiger partial charge on any atom is -0.327 e. The molecule has 2 N–H and O–H groups in total. The van der Waals surface area contributed by atoms with Crippen molar-refractivity contribution in [1.82, 2.24) is 15.6 Å². The van der Waals surface area contributed by atoms with Crippen molar-refractivity contribution >= 4 is 62.1 Å². The largest absolute Gasteiger partial charge is 0.327 e. The Morgan fingerprint density at radius 3 is 2.43 bits per heavy atom. The van der Waals surface area contributed by atoms with Crippen LogP contribution in [0.15, 0.2) is 72.8 Å². The van der Waals surface area contributed by atoms with E-state index in [0.717, 1.165) is 37.6 Å². The molecule has 0 aliphatic carbocycles. The van der Waals surface area contributed by atoms with Crippen LogP contribution >= 0.6 is 34.5 Å². The van der Waals surface area contributed by atoms with Gasteiger partial charge < -0.3 is 10.6 Å². The van der Waals surface area contributed by atoms with E-state index in [1.807, 2.05) is 60.7 Å². The Kier molecular flexibility index (Phi) is 4.95. The van der Waals surface area contributed by atoms with E-state index in [4.69, 9.17) is 28.2 Å². The molecule has 2 heterocycles. The molecular formula is C23H15Cl2N3OS. The summed E-state index contributed by atoms with van der Waals surface area (Å²) in [4.78, 5) is 17.5. The van der Waals surface area contributed by atoms with Crippen molar-refractivity contribution in [3.05, 3.63) is 99.0 Å². The van der Waals surface area contributed by atoms with Gasteiger partial charge in [-0.1, -0.05) is 71.7 Å². The number of urea groups is 1. The Morgan fingerprint density at radius 1 is 0.900 bits per heavy atom. The molecule has 1 aliphatic heterocycles. The lowest BCUT2D eigenvalue weighted by Gasteiger charge is -2.30. The van der Waals surface area contributed by atoms with Crippen LogP contribution in [-0.2, 0) is 0 Å². The average Bonchev–Trinajstić information content (AvgIpc) is 3.19. The van der Waals surface area contributed by atoms with Gasteiger partial charge in [-0.15, -0.1) is 11.3 Å². The maximum atomic E-state index is 12.6. The molecule has 7 heteroatoms. The number of carbonyl (C=O) groups excluding carboxylic acids is 1. The van der Waals surface area contributed by atoms with E-state index in [1.54, 1.807) is 23.5 Å². The van der Waals surface area contributed by atoms with Crippen LogP contribution in [0, 0.1) is 0 Å². The standard InChI is InChI=1S/C23H15Cl2N3OS/c24-15-11-10-14(12-16(15)25)21-19(22-26-17-8-4-5-9-18(17)30-22)20(27-23(29)28-21)13-6-2-1-3-7-13/h1-12,21H,(H2,27,28,29)/t21-/m1/s1. The molecule has 0 saturated carbocycles. The van der Waals surface area contributed by atoms with Gasteiger partial charge in [0.1, 0.15) is 5.01 Å². The quantitative estimate of drug-likeness (QED) is 0.372. The van der Waals surface area contributed by atoms with Gasteiger partial charge in [-0.3, -0.25) is 0 Å². The van der Waals surface area contributed by atoms with Gasteiger partial charge in [0.15, 0.2) is 0 Å². The van der Waals surface area contributed by atoms with Crippen molar-refractivity contribution in [2.24, 2.45) is 0 Å². The second-order valence-electron chi connectivity index (χ2n) is 6.85. The topological polar surface area (TPSA) is 54.0 Å². The fourth-order valence-electron chi connectivity index (χ4n) is 3.56. The summed E-state index contributed by atoms with van der Waals surface area (Å²) >= 11 is 14.0. The van der Waals surface area contributed by atoms with E-state index in [0.29, 0.717) is 10.0 Å². The molecule has 1 aromatic heterocycles. The SMILES string of the molecule is O=C1NC(c2ccccc2)=C(c2nc3ccccc3s2)[C@@H](c2ccc(Cl)c(Cl)c2)N1. The second kappa shape index (κ2) is 7.76. The summed E-state index contributed by atoms with van der Waals surface area (Å²) in [5, 5.41) is 7.75. The van der Waals surface area contributed by atoms with Crippen molar-refractivity contribution in [1.29, 1.82) is 0 Å². The Balaban J connectivity index is 1.77. The summed E-state index contributed by atoms with van der Waals surface area (Å²) in [6.07, 6.45) is 0.